The first kappa shape index (κ1) is 14.7. The quantitative estimate of drug-likeness (QED) is 0.846. The second-order valence-electron chi connectivity index (χ2n) is 4.54. The third-order valence-electron chi connectivity index (χ3n) is 2.50. The molecule has 1 amide bonds. The molecule has 0 aliphatic rings. The normalized spacial score (nSPS) is 11.5. The van der Waals surface area contributed by atoms with Crippen molar-refractivity contribution in [1.29, 1.82) is 0 Å². The van der Waals surface area contributed by atoms with Crippen molar-refractivity contribution in [3.8, 4) is 0 Å². The largest absolute Gasteiger partial charge is 0.354 e. The second-order valence-corrected chi connectivity index (χ2v) is 7.01. The van der Waals surface area contributed by atoms with Gasteiger partial charge in [0.1, 0.15) is 0 Å². The third-order valence-corrected chi connectivity index (χ3v) is 4.49. The van der Waals surface area contributed by atoms with Crippen LogP contribution in [0.5, 0.6) is 0 Å². The van der Waals surface area contributed by atoms with Crippen LogP contribution in [0, 0.1) is 0 Å². The van der Waals surface area contributed by atoms with E-state index in [0.29, 0.717) is 13.1 Å². The topological polar surface area (TPSA) is 41.1 Å². The fraction of sp³-hybridized carbons (Fsp3) is 0.583. The Hall–Kier alpha value is -0.390. The maximum Gasteiger partial charge on any atom is 0.233 e. The molecule has 0 spiro atoms. The fourth-order valence-electron chi connectivity index (χ4n) is 1.39. The summed E-state index contributed by atoms with van der Waals surface area (Å²) in [5.41, 5.74) is -0.0292. The van der Waals surface area contributed by atoms with E-state index in [-0.39, 0.29) is 11.3 Å². The summed E-state index contributed by atoms with van der Waals surface area (Å²) in [7, 11) is 0. The Kier molecular flexibility index (Phi) is 5.62. The van der Waals surface area contributed by atoms with Crippen molar-refractivity contribution >= 4 is 33.2 Å². The summed E-state index contributed by atoms with van der Waals surface area (Å²) in [6.45, 7) is 8.12. The number of carbonyl (C=O) groups excluding carboxylic acids is 1. The predicted molar refractivity (Wildman–Crippen MR) is 76.6 cm³/mol. The van der Waals surface area contributed by atoms with Gasteiger partial charge in [-0.3, -0.25) is 4.79 Å². The van der Waals surface area contributed by atoms with Gasteiger partial charge in [-0.25, -0.2) is 0 Å². The summed E-state index contributed by atoms with van der Waals surface area (Å²) in [6.07, 6.45) is 0. The maximum absolute atomic E-state index is 11.5. The van der Waals surface area contributed by atoms with E-state index in [1.54, 1.807) is 11.3 Å². The lowest BCUT2D eigenvalue weighted by Crippen LogP contribution is -2.40. The molecule has 5 heteroatoms. The average Bonchev–Trinajstić information content (AvgIpc) is 2.71. The molecule has 1 aromatic rings. The molecule has 0 saturated heterocycles. The average molecular weight is 319 g/mol. The molecule has 1 aromatic heterocycles. The van der Waals surface area contributed by atoms with Crippen LogP contribution in [0.3, 0.4) is 0 Å². The van der Waals surface area contributed by atoms with Crippen molar-refractivity contribution in [2.45, 2.75) is 26.2 Å². The van der Waals surface area contributed by atoms with E-state index >= 15 is 0 Å². The number of thiophene rings is 1. The third kappa shape index (κ3) is 4.77. The number of carbonyl (C=O) groups is 1. The van der Waals surface area contributed by atoms with Crippen molar-refractivity contribution in [3.63, 3.8) is 0 Å². The smallest absolute Gasteiger partial charge is 0.233 e. The van der Waals surface area contributed by atoms with Gasteiger partial charge in [0.2, 0.25) is 5.91 Å². The lowest BCUT2D eigenvalue weighted by atomic mass is 9.91. The zero-order valence-electron chi connectivity index (χ0n) is 10.5. The summed E-state index contributed by atoms with van der Waals surface area (Å²) < 4.78 is 1.12. The minimum atomic E-state index is -0.0292. The molecule has 96 valence electrons. The first-order valence-electron chi connectivity index (χ1n) is 5.69. The summed E-state index contributed by atoms with van der Waals surface area (Å²) >= 11 is 5.17. The van der Waals surface area contributed by atoms with Gasteiger partial charge < -0.3 is 10.6 Å². The van der Waals surface area contributed by atoms with Crippen molar-refractivity contribution in [1.82, 2.24) is 10.6 Å². The van der Waals surface area contributed by atoms with Crippen molar-refractivity contribution in [3.05, 3.63) is 20.8 Å². The summed E-state index contributed by atoms with van der Waals surface area (Å²) in [6, 6.07) is 4.15. The van der Waals surface area contributed by atoms with Gasteiger partial charge in [-0.15, -0.1) is 11.3 Å². The molecular weight excluding hydrogens is 300 g/mol. The van der Waals surface area contributed by atoms with Gasteiger partial charge in [0, 0.05) is 16.8 Å². The van der Waals surface area contributed by atoms with Gasteiger partial charge in [-0.05, 0) is 34.6 Å². The zero-order chi connectivity index (χ0) is 12.9. The zero-order valence-corrected chi connectivity index (χ0v) is 12.9. The number of nitrogens with one attached hydrogen (secondary N) is 2. The Morgan fingerprint density at radius 3 is 2.71 bits per heavy atom. The van der Waals surface area contributed by atoms with E-state index in [1.807, 2.05) is 13.0 Å². The van der Waals surface area contributed by atoms with Crippen molar-refractivity contribution in [2.24, 2.45) is 0 Å². The molecule has 1 heterocycles. The van der Waals surface area contributed by atoms with Gasteiger partial charge >= 0.3 is 0 Å². The van der Waals surface area contributed by atoms with Gasteiger partial charge in [0.25, 0.3) is 0 Å². The highest BCUT2D eigenvalue weighted by Crippen LogP contribution is 2.32. The first-order chi connectivity index (χ1) is 7.95. The highest BCUT2D eigenvalue weighted by atomic mass is 79.9. The molecule has 0 radical (unpaired) electrons. The highest BCUT2D eigenvalue weighted by molar-refractivity contribution is 9.11. The van der Waals surface area contributed by atoms with E-state index < -0.39 is 0 Å². The number of hydrogen-bond donors (Lipinski definition) is 2. The second kappa shape index (κ2) is 6.52. The number of hydrogen-bond acceptors (Lipinski definition) is 3. The number of likely N-dealkylation sites (N-methyl/N-ethyl adjacent to an activating group) is 1. The van der Waals surface area contributed by atoms with Crippen LogP contribution in [0.15, 0.2) is 15.9 Å². The SMILES string of the molecule is CCNCC(=O)NCC(C)(C)c1ccc(Br)s1. The van der Waals surface area contributed by atoms with Crippen molar-refractivity contribution in [2.75, 3.05) is 19.6 Å². The van der Waals surface area contributed by atoms with E-state index in [9.17, 15) is 4.79 Å². The van der Waals surface area contributed by atoms with Crippen LogP contribution in [0.4, 0.5) is 0 Å². The van der Waals surface area contributed by atoms with E-state index in [2.05, 4.69) is 46.5 Å². The molecule has 2 N–H and O–H groups in total. The van der Waals surface area contributed by atoms with Crippen LogP contribution in [-0.2, 0) is 10.2 Å². The molecule has 0 unspecified atom stereocenters. The Morgan fingerprint density at radius 2 is 2.18 bits per heavy atom. The summed E-state index contributed by atoms with van der Waals surface area (Å²) in [5.74, 6) is 0.0514. The fourth-order valence-corrected chi connectivity index (χ4v) is 2.87. The minimum Gasteiger partial charge on any atom is -0.354 e. The Labute approximate surface area is 115 Å². The molecule has 0 aliphatic heterocycles. The van der Waals surface area contributed by atoms with Gasteiger partial charge in [-0.1, -0.05) is 20.8 Å². The number of amides is 1. The van der Waals surface area contributed by atoms with E-state index in [1.165, 1.54) is 4.88 Å². The van der Waals surface area contributed by atoms with Gasteiger partial charge in [-0.2, -0.15) is 0 Å². The van der Waals surface area contributed by atoms with E-state index in [0.717, 1.165) is 10.3 Å². The maximum atomic E-state index is 11.5. The molecule has 0 fully saturated rings. The number of rotatable bonds is 6. The van der Waals surface area contributed by atoms with Gasteiger partial charge in [0.15, 0.2) is 0 Å². The van der Waals surface area contributed by atoms with Crippen molar-refractivity contribution < 1.29 is 4.79 Å². The number of halogens is 1. The van der Waals surface area contributed by atoms with Crippen LogP contribution in [0.25, 0.3) is 0 Å². The van der Waals surface area contributed by atoms with Crippen LogP contribution in [0.1, 0.15) is 25.6 Å². The molecule has 0 aliphatic carbocycles. The predicted octanol–water partition coefficient (Wildman–Crippen LogP) is 2.51. The first-order valence-corrected chi connectivity index (χ1v) is 7.30. The minimum absolute atomic E-state index is 0.0292. The molecule has 3 nitrogen and oxygen atoms in total. The molecule has 0 saturated carbocycles. The Balaban J connectivity index is 2.47. The summed E-state index contributed by atoms with van der Waals surface area (Å²) in [5, 5.41) is 5.97. The molecule has 17 heavy (non-hydrogen) atoms. The molecule has 0 atom stereocenters. The lowest BCUT2D eigenvalue weighted by molar-refractivity contribution is -0.120. The highest BCUT2D eigenvalue weighted by Gasteiger charge is 2.23. The Morgan fingerprint density at radius 1 is 1.47 bits per heavy atom. The molecular formula is C12H19BrN2OS. The standard InChI is InChI=1S/C12H19BrN2OS/c1-4-14-7-11(16)15-8-12(2,3)9-5-6-10(13)17-9/h5-6,14H,4,7-8H2,1-3H3,(H,15,16). The monoisotopic (exact) mass is 318 g/mol. The van der Waals surface area contributed by atoms with Crippen LogP contribution in [0.2, 0.25) is 0 Å². The van der Waals surface area contributed by atoms with E-state index in [4.69, 9.17) is 0 Å². The molecule has 0 aromatic carbocycles. The molecule has 1 rings (SSSR count). The summed E-state index contributed by atoms with van der Waals surface area (Å²) in [4.78, 5) is 12.8. The van der Waals surface area contributed by atoms with Gasteiger partial charge in [0.05, 0.1) is 10.3 Å². The lowest BCUT2D eigenvalue weighted by Gasteiger charge is -2.23. The Bertz CT molecular complexity index is 376. The van der Waals surface area contributed by atoms with Crippen LogP contribution >= 0.6 is 27.3 Å². The van der Waals surface area contributed by atoms with Crippen LogP contribution in [-0.4, -0.2) is 25.5 Å². The molecule has 0 bridgehead atoms. The van der Waals surface area contributed by atoms with Crippen LogP contribution < -0.4 is 10.6 Å².